The molecule has 10 nitrogen and oxygen atoms in total. The zero-order valence-electron chi connectivity index (χ0n) is 26.1. The van der Waals surface area contributed by atoms with Crippen molar-refractivity contribution in [1.82, 2.24) is 4.57 Å². The predicted molar refractivity (Wildman–Crippen MR) is 177 cm³/mol. The molecule has 1 atom stereocenters. The number of para-hydroxylation sites is 1. The van der Waals surface area contributed by atoms with Gasteiger partial charge < -0.3 is 28.6 Å². The van der Waals surface area contributed by atoms with Crippen LogP contribution in [0.15, 0.2) is 82.1 Å². The molecule has 1 unspecified atom stereocenters. The van der Waals surface area contributed by atoms with Gasteiger partial charge in [0.15, 0.2) is 16.3 Å². The summed E-state index contributed by atoms with van der Waals surface area (Å²) in [7, 11) is 4.69. The Morgan fingerprint density at radius 3 is 2.43 bits per heavy atom. The maximum Gasteiger partial charge on any atom is 0.338 e. The summed E-state index contributed by atoms with van der Waals surface area (Å²) in [5.74, 6) is 0.933. The fourth-order valence-electron chi connectivity index (χ4n) is 5.84. The van der Waals surface area contributed by atoms with Gasteiger partial charge in [0.2, 0.25) is 0 Å². The molecule has 0 N–H and O–H groups in total. The van der Waals surface area contributed by atoms with Crippen LogP contribution in [0.5, 0.6) is 17.2 Å². The van der Waals surface area contributed by atoms with Crippen LogP contribution < -0.4 is 34.0 Å². The molecule has 2 aliphatic rings. The number of aromatic nitrogens is 1. The number of fused-ring (bicyclic) bond motifs is 1. The number of esters is 1. The van der Waals surface area contributed by atoms with Crippen LogP contribution in [-0.2, 0) is 14.3 Å². The van der Waals surface area contributed by atoms with Gasteiger partial charge in [-0.2, -0.15) is 0 Å². The van der Waals surface area contributed by atoms with Gasteiger partial charge in [-0.25, -0.2) is 9.79 Å². The van der Waals surface area contributed by atoms with E-state index in [1.807, 2.05) is 60.7 Å². The van der Waals surface area contributed by atoms with E-state index in [1.165, 1.54) is 18.4 Å². The number of morpholine rings is 1. The molecule has 2 aliphatic heterocycles. The van der Waals surface area contributed by atoms with Gasteiger partial charge in [-0.15, -0.1) is 0 Å². The lowest BCUT2D eigenvalue weighted by atomic mass is 9.92. The number of rotatable bonds is 9. The van der Waals surface area contributed by atoms with E-state index in [0.29, 0.717) is 51.1 Å². The van der Waals surface area contributed by atoms with Gasteiger partial charge in [0, 0.05) is 41.5 Å². The summed E-state index contributed by atoms with van der Waals surface area (Å²) in [5, 5.41) is 0. The lowest BCUT2D eigenvalue weighted by molar-refractivity contribution is -0.138. The molecule has 11 heteroatoms. The molecular weight excluding hydrogens is 606 g/mol. The van der Waals surface area contributed by atoms with E-state index in [-0.39, 0.29) is 17.7 Å². The van der Waals surface area contributed by atoms with E-state index in [0.717, 1.165) is 29.9 Å². The lowest BCUT2D eigenvalue weighted by Gasteiger charge is -2.29. The number of thiazole rings is 1. The molecule has 1 fully saturated rings. The molecular formula is C35H35N3O7S. The normalized spacial score (nSPS) is 16.5. The first kappa shape index (κ1) is 31.1. The quantitative estimate of drug-likeness (QED) is 0.255. The highest BCUT2D eigenvalue weighted by atomic mass is 32.1. The van der Waals surface area contributed by atoms with E-state index in [2.05, 4.69) is 4.90 Å². The van der Waals surface area contributed by atoms with Crippen molar-refractivity contribution in [2.75, 3.05) is 59.1 Å². The number of hydrogen-bond donors (Lipinski definition) is 0. The molecule has 0 bridgehead atoms. The van der Waals surface area contributed by atoms with Crippen molar-refractivity contribution < 1.29 is 28.5 Å². The van der Waals surface area contributed by atoms with Crippen LogP contribution in [0.4, 0.5) is 5.69 Å². The van der Waals surface area contributed by atoms with Crippen LogP contribution in [0.1, 0.15) is 29.7 Å². The Morgan fingerprint density at radius 1 is 0.978 bits per heavy atom. The number of carbonyl (C=O) groups excluding carboxylic acids is 1. The van der Waals surface area contributed by atoms with Crippen molar-refractivity contribution in [1.29, 1.82) is 0 Å². The average Bonchev–Trinajstić information content (AvgIpc) is 3.41. The number of anilines is 1. The number of nitrogens with zero attached hydrogens (tertiary/aromatic N) is 3. The molecule has 3 aromatic carbocycles. The molecule has 0 saturated carbocycles. The Labute approximate surface area is 270 Å². The first-order chi connectivity index (χ1) is 22.5. The maximum atomic E-state index is 14.4. The van der Waals surface area contributed by atoms with Gasteiger partial charge in [-0.1, -0.05) is 53.8 Å². The molecule has 0 amide bonds. The van der Waals surface area contributed by atoms with Crippen LogP contribution in [0.3, 0.4) is 0 Å². The third-order valence-corrected chi connectivity index (χ3v) is 8.96. The number of benzene rings is 3. The summed E-state index contributed by atoms with van der Waals surface area (Å²) in [5.41, 5.74) is 3.39. The predicted octanol–water partition coefficient (Wildman–Crippen LogP) is 3.80. The van der Waals surface area contributed by atoms with Gasteiger partial charge in [0.1, 0.15) is 11.8 Å². The minimum Gasteiger partial charge on any atom is -0.496 e. The van der Waals surface area contributed by atoms with Crippen molar-refractivity contribution in [3.63, 3.8) is 0 Å². The van der Waals surface area contributed by atoms with Crippen LogP contribution in [-0.4, -0.2) is 64.8 Å². The SMILES string of the molecule is CCOC(=O)C1=C(c2ccccc2)N=c2sc(=Cc3ccc(N4CCOCC4)cc3OC)c(=O)n2C1c1cccc(OC)c1OC. The van der Waals surface area contributed by atoms with Gasteiger partial charge in [-0.05, 0) is 31.2 Å². The van der Waals surface area contributed by atoms with E-state index in [9.17, 15) is 9.59 Å². The van der Waals surface area contributed by atoms with E-state index in [4.69, 9.17) is 28.7 Å². The highest BCUT2D eigenvalue weighted by molar-refractivity contribution is 7.07. The summed E-state index contributed by atoms with van der Waals surface area (Å²) >= 11 is 1.24. The highest BCUT2D eigenvalue weighted by Gasteiger charge is 2.37. The Hall–Kier alpha value is -4.87. The molecule has 0 radical (unpaired) electrons. The first-order valence-corrected chi connectivity index (χ1v) is 15.8. The third kappa shape index (κ3) is 5.79. The minimum atomic E-state index is -0.914. The standard InChI is InChI=1S/C35H35N3O7S/c1-5-45-34(40)29-30(22-10-7-6-8-11-22)36-35-38(31(29)25-12-9-13-26(41-2)32(25)43-4)33(39)28(46-35)20-23-14-15-24(21-27(23)42-3)37-16-18-44-19-17-37/h6-15,20-21,31H,5,16-19H2,1-4H3. The lowest BCUT2D eigenvalue weighted by Crippen LogP contribution is -2.40. The number of carbonyl (C=O) groups is 1. The van der Waals surface area contributed by atoms with Crippen LogP contribution in [0, 0.1) is 0 Å². The number of hydrogen-bond acceptors (Lipinski definition) is 10. The summed E-state index contributed by atoms with van der Waals surface area (Å²) < 4.78 is 30.3. The number of methoxy groups -OCH3 is 3. The smallest absolute Gasteiger partial charge is 0.338 e. The van der Waals surface area contributed by atoms with Gasteiger partial charge in [0.25, 0.3) is 5.56 Å². The molecule has 238 valence electrons. The molecule has 46 heavy (non-hydrogen) atoms. The Bertz CT molecular complexity index is 1960. The molecule has 1 aromatic heterocycles. The Balaban J connectivity index is 1.60. The molecule has 6 rings (SSSR count). The van der Waals surface area contributed by atoms with Gasteiger partial charge in [-0.3, -0.25) is 9.36 Å². The Morgan fingerprint density at radius 2 is 1.74 bits per heavy atom. The first-order valence-electron chi connectivity index (χ1n) is 15.0. The van der Waals surface area contributed by atoms with Gasteiger partial charge >= 0.3 is 5.97 Å². The summed E-state index contributed by atoms with van der Waals surface area (Å²) in [6, 6.07) is 19.8. The topological polar surface area (TPSA) is 101 Å². The molecule has 0 aliphatic carbocycles. The van der Waals surface area contributed by atoms with E-state index < -0.39 is 12.0 Å². The second-order valence-electron chi connectivity index (χ2n) is 10.5. The zero-order chi connectivity index (χ0) is 32.2. The maximum absolute atomic E-state index is 14.4. The van der Waals surface area contributed by atoms with E-state index in [1.54, 1.807) is 37.8 Å². The zero-order valence-corrected chi connectivity index (χ0v) is 27.0. The molecule has 4 aromatic rings. The molecule has 1 saturated heterocycles. The van der Waals surface area contributed by atoms with Crippen molar-refractivity contribution >= 4 is 34.8 Å². The fourth-order valence-corrected chi connectivity index (χ4v) is 6.83. The van der Waals surface area contributed by atoms with Crippen molar-refractivity contribution in [3.05, 3.63) is 109 Å². The van der Waals surface area contributed by atoms with Crippen LogP contribution in [0.2, 0.25) is 0 Å². The second kappa shape index (κ2) is 13.6. The van der Waals surface area contributed by atoms with Crippen LogP contribution >= 0.6 is 11.3 Å². The summed E-state index contributed by atoms with van der Waals surface area (Å²) in [4.78, 5) is 35.8. The van der Waals surface area contributed by atoms with E-state index >= 15 is 0 Å². The largest absolute Gasteiger partial charge is 0.496 e. The molecule has 3 heterocycles. The minimum absolute atomic E-state index is 0.150. The fraction of sp³-hybridized carbons (Fsp3) is 0.286. The Kier molecular flexibility index (Phi) is 9.23. The number of ether oxygens (including phenoxy) is 5. The highest BCUT2D eigenvalue weighted by Crippen LogP contribution is 2.42. The van der Waals surface area contributed by atoms with Gasteiger partial charge in [0.05, 0.1) is 57.0 Å². The average molecular weight is 642 g/mol. The monoisotopic (exact) mass is 641 g/mol. The summed E-state index contributed by atoms with van der Waals surface area (Å²) in [6.07, 6.45) is 1.81. The molecule has 0 spiro atoms. The summed E-state index contributed by atoms with van der Waals surface area (Å²) in [6.45, 7) is 4.82. The van der Waals surface area contributed by atoms with Crippen molar-refractivity contribution in [3.8, 4) is 17.2 Å². The van der Waals surface area contributed by atoms with Crippen molar-refractivity contribution in [2.24, 2.45) is 4.99 Å². The third-order valence-electron chi connectivity index (χ3n) is 7.98. The van der Waals surface area contributed by atoms with Crippen molar-refractivity contribution in [2.45, 2.75) is 13.0 Å². The second-order valence-corrected chi connectivity index (χ2v) is 11.5. The van der Waals surface area contributed by atoms with Crippen LogP contribution in [0.25, 0.3) is 11.8 Å².